The van der Waals surface area contributed by atoms with E-state index < -0.39 is 21.4 Å². The maximum atomic E-state index is 13.6. The Morgan fingerprint density at radius 2 is 1.85 bits per heavy atom. The fraction of sp³-hybridized carbons (Fsp3) is 0.346. The first-order valence-corrected chi connectivity index (χ1v) is 13.8. The topological polar surface area (TPSA) is 151 Å². The zero-order valence-electron chi connectivity index (χ0n) is 21.9. The molecule has 0 aliphatic carbocycles. The number of aliphatic hydroxyl groups is 1. The van der Waals surface area contributed by atoms with Gasteiger partial charge in [-0.2, -0.15) is 0 Å². The summed E-state index contributed by atoms with van der Waals surface area (Å²) in [5, 5.41) is 18.2. The Kier molecular flexibility index (Phi) is 7.19. The van der Waals surface area contributed by atoms with E-state index in [2.05, 4.69) is 19.9 Å². The van der Waals surface area contributed by atoms with Crippen LogP contribution in [0.25, 0.3) is 17.3 Å². The molecule has 2 atom stereocenters. The van der Waals surface area contributed by atoms with Crippen molar-refractivity contribution in [3.63, 3.8) is 0 Å². The summed E-state index contributed by atoms with van der Waals surface area (Å²) in [6.07, 6.45) is 1.63. The van der Waals surface area contributed by atoms with E-state index in [1.165, 1.54) is 25.7 Å². The van der Waals surface area contributed by atoms with Crippen LogP contribution in [0.3, 0.4) is 0 Å². The fourth-order valence-corrected chi connectivity index (χ4v) is 5.53. The van der Waals surface area contributed by atoms with Crippen LogP contribution >= 0.6 is 0 Å². The number of anilines is 1. The molecule has 0 spiro atoms. The molecule has 1 aliphatic rings. The van der Waals surface area contributed by atoms with Gasteiger partial charge in [-0.3, -0.25) is 14.3 Å². The summed E-state index contributed by atoms with van der Waals surface area (Å²) in [4.78, 5) is 4.31. The average Bonchev–Trinajstić information content (AvgIpc) is 3.56. The molecule has 13 heteroatoms. The van der Waals surface area contributed by atoms with Crippen LogP contribution in [-0.2, 0) is 16.4 Å². The molecule has 0 bridgehead atoms. The first kappa shape index (κ1) is 26.5. The van der Waals surface area contributed by atoms with Crippen LogP contribution in [0.1, 0.15) is 36.5 Å². The van der Waals surface area contributed by atoms with Crippen molar-refractivity contribution >= 4 is 16.0 Å². The second-order valence-electron chi connectivity index (χ2n) is 9.03. The van der Waals surface area contributed by atoms with Crippen LogP contribution in [-0.4, -0.2) is 59.3 Å². The van der Waals surface area contributed by atoms with Gasteiger partial charge in [0.05, 0.1) is 26.5 Å². The molecule has 2 N–H and O–H groups in total. The van der Waals surface area contributed by atoms with E-state index in [1.54, 1.807) is 49.5 Å². The van der Waals surface area contributed by atoms with Crippen molar-refractivity contribution in [3.05, 3.63) is 59.6 Å². The lowest BCUT2D eigenvalue weighted by molar-refractivity contribution is 0.167. The zero-order chi connectivity index (χ0) is 27.7. The number of rotatable bonds is 9. The molecule has 1 aliphatic heterocycles. The van der Waals surface area contributed by atoms with Gasteiger partial charge in [0.15, 0.2) is 5.76 Å². The molecule has 0 radical (unpaired) electrons. The number of aromatic nitrogens is 4. The molecule has 0 saturated carbocycles. The van der Waals surface area contributed by atoms with Crippen molar-refractivity contribution in [2.45, 2.75) is 38.0 Å². The molecule has 206 valence electrons. The van der Waals surface area contributed by atoms with E-state index >= 15 is 0 Å². The summed E-state index contributed by atoms with van der Waals surface area (Å²) < 4.78 is 53.9. The lowest BCUT2D eigenvalue weighted by atomic mass is 10.0. The highest BCUT2D eigenvalue weighted by atomic mass is 32.2. The minimum absolute atomic E-state index is 0.145. The Labute approximate surface area is 225 Å². The number of hydrogen-bond donors (Lipinski definition) is 2. The SMILES string of the molecule is COc1cccc(OC)c1-n1c(NS(=O)(=O)[C@@H](C)[C@H](O)c2ccnc3c2OCCC3)nnc1-c1ccc(C)o1. The highest BCUT2D eigenvalue weighted by molar-refractivity contribution is 7.93. The van der Waals surface area contributed by atoms with Crippen LogP contribution in [0.5, 0.6) is 17.2 Å². The Morgan fingerprint density at radius 1 is 1.10 bits per heavy atom. The molecular weight excluding hydrogens is 526 g/mol. The van der Waals surface area contributed by atoms with Crippen molar-refractivity contribution in [3.8, 4) is 34.5 Å². The fourth-order valence-electron chi connectivity index (χ4n) is 4.47. The summed E-state index contributed by atoms with van der Waals surface area (Å²) in [6.45, 7) is 3.66. The molecule has 0 fully saturated rings. The Hall–Kier alpha value is -4.10. The summed E-state index contributed by atoms with van der Waals surface area (Å²) in [5.74, 6) is 2.25. The molecule has 12 nitrogen and oxygen atoms in total. The molecule has 39 heavy (non-hydrogen) atoms. The maximum absolute atomic E-state index is 13.6. The van der Waals surface area contributed by atoms with Gasteiger partial charge < -0.3 is 23.7 Å². The molecule has 4 heterocycles. The number of benzene rings is 1. The molecule has 3 aromatic heterocycles. The van der Waals surface area contributed by atoms with Crippen molar-refractivity contribution in [1.82, 2.24) is 19.7 Å². The van der Waals surface area contributed by atoms with Gasteiger partial charge in [-0.25, -0.2) is 8.42 Å². The third kappa shape index (κ3) is 4.90. The second-order valence-corrected chi connectivity index (χ2v) is 11.1. The minimum atomic E-state index is -4.23. The smallest absolute Gasteiger partial charge is 0.243 e. The largest absolute Gasteiger partial charge is 0.494 e. The lowest BCUT2D eigenvalue weighted by Gasteiger charge is -2.25. The second kappa shape index (κ2) is 10.6. The number of ether oxygens (including phenoxy) is 3. The predicted molar refractivity (Wildman–Crippen MR) is 142 cm³/mol. The molecule has 1 aromatic carbocycles. The number of pyridine rings is 1. The van der Waals surface area contributed by atoms with Gasteiger partial charge in [-0.05, 0) is 57.0 Å². The highest BCUT2D eigenvalue weighted by Gasteiger charge is 2.35. The Morgan fingerprint density at radius 3 is 2.51 bits per heavy atom. The number of sulfonamides is 1. The first-order valence-electron chi connectivity index (χ1n) is 12.3. The molecule has 4 aromatic rings. The number of nitrogens with one attached hydrogen (secondary N) is 1. The van der Waals surface area contributed by atoms with E-state index in [4.69, 9.17) is 18.6 Å². The van der Waals surface area contributed by atoms with Gasteiger partial charge >= 0.3 is 0 Å². The number of hydrogen-bond acceptors (Lipinski definition) is 10. The summed E-state index contributed by atoms with van der Waals surface area (Å²) >= 11 is 0. The zero-order valence-corrected chi connectivity index (χ0v) is 22.7. The average molecular weight is 556 g/mol. The van der Waals surface area contributed by atoms with Gasteiger partial charge in [-0.15, -0.1) is 10.2 Å². The number of nitrogens with zero attached hydrogens (tertiary/aromatic N) is 4. The number of furan rings is 1. The lowest BCUT2D eigenvalue weighted by Crippen LogP contribution is -2.32. The Bertz CT molecular complexity index is 1580. The van der Waals surface area contributed by atoms with Gasteiger partial charge in [0.1, 0.15) is 40.1 Å². The minimum Gasteiger partial charge on any atom is -0.494 e. The molecule has 0 unspecified atom stereocenters. The number of aryl methyl sites for hydroxylation is 2. The summed E-state index contributed by atoms with van der Waals surface area (Å²) in [5.41, 5.74) is 1.41. The van der Waals surface area contributed by atoms with E-state index in [0.717, 1.165) is 6.42 Å². The first-order chi connectivity index (χ1) is 18.7. The van der Waals surface area contributed by atoms with Crippen molar-refractivity contribution in [1.29, 1.82) is 0 Å². The van der Waals surface area contributed by atoms with Crippen molar-refractivity contribution < 1.29 is 32.2 Å². The number of aliphatic hydroxyl groups excluding tert-OH is 1. The third-order valence-corrected chi connectivity index (χ3v) is 8.25. The van der Waals surface area contributed by atoms with Crippen LogP contribution in [0.15, 0.2) is 47.0 Å². The highest BCUT2D eigenvalue weighted by Crippen LogP contribution is 2.39. The maximum Gasteiger partial charge on any atom is 0.243 e. The van der Waals surface area contributed by atoms with Gasteiger partial charge in [0.25, 0.3) is 0 Å². The Balaban J connectivity index is 1.57. The standard InChI is InChI=1S/C26H29N5O7S/c1-15-10-11-21(38-15)25-28-29-26(31(25)22-19(35-3)8-5-9-20(22)36-4)30-39(33,34)16(2)23(32)17-12-13-27-18-7-6-14-37-24(17)18/h5,8-13,16,23,32H,6-7,14H2,1-4H3,(H,29,30)/t16-,23-/m0/s1. The van der Waals surface area contributed by atoms with Gasteiger partial charge in [-0.1, -0.05) is 6.07 Å². The number of para-hydroxylation sites is 1. The predicted octanol–water partition coefficient (Wildman–Crippen LogP) is 3.44. The van der Waals surface area contributed by atoms with Crippen LogP contribution < -0.4 is 18.9 Å². The van der Waals surface area contributed by atoms with Crippen molar-refractivity contribution in [2.24, 2.45) is 0 Å². The van der Waals surface area contributed by atoms with E-state index in [-0.39, 0.29) is 11.8 Å². The monoisotopic (exact) mass is 555 g/mol. The van der Waals surface area contributed by atoms with Crippen LogP contribution in [0, 0.1) is 6.92 Å². The van der Waals surface area contributed by atoms with E-state index in [0.29, 0.717) is 58.7 Å². The van der Waals surface area contributed by atoms with Gasteiger partial charge in [0, 0.05) is 11.8 Å². The van der Waals surface area contributed by atoms with E-state index in [1.807, 2.05) is 0 Å². The number of fused-ring (bicyclic) bond motifs is 1. The molecule has 0 saturated heterocycles. The summed E-state index contributed by atoms with van der Waals surface area (Å²) in [7, 11) is -1.26. The molecule has 5 rings (SSSR count). The van der Waals surface area contributed by atoms with Gasteiger partial charge in [0.2, 0.25) is 21.8 Å². The molecule has 0 amide bonds. The summed E-state index contributed by atoms with van der Waals surface area (Å²) in [6, 6.07) is 10.2. The number of methoxy groups -OCH3 is 2. The van der Waals surface area contributed by atoms with Crippen LogP contribution in [0.4, 0.5) is 5.95 Å². The normalized spacial score (nSPS) is 14.7. The van der Waals surface area contributed by atoms with Crippen LogP contribution in [0.2, 0.25) is 0 Å². The quantitative estimate of drug-likeness (QED) is 0.314. The van der Waals surface area contributed by atoms with Crippen molar-refractivity contribution in [2.75, 3.05) is 25.5 Å². The third-order valence-electron chi connectivity index (χ3n) is 6.55. The molecular formula is C26H29N5O7S. The van der Waals surface area contributed by atoms with E-state index in [9.17, 15) is 13.5 Å².